The van der Waals surface area contributed by atoms with Gasteiger partial charge in [-0.2, -0.15) is 0 Å². The van der Waals surface area contributed by atoms with Crippen molar-refractivity contribution < 1.29 is 0 Å². The van der Waals surface area contributed by atoms with Crippen LogP contribution in [0.25, 0.3) is 10.9 Å². The number of thioether (sulfide) groups is 1. The Bertz CT molecular complexity index is 595. The normalized spacial score (nSPS) is 12.5. The van der Waals surface area contributed by atoms with Crippen LogP contribution in [0.5, 0.6) is 0 Å². The maximum atomic E-state index is 7.71. The van der Waals surface area contributed by atoms with E-state index >= 15 is 0 Å². The monoisotopic (exact) mass is 273 g/mol. The van der Waals surface area contributed by atoms with Gasteiger partial charge in [-0.1, -0.05) is 38.5 Å². The lowest BCUT2D eigenvalue weighted by Crippen LogP contribution is -2.12. The molecule has 1 unspecified atom stereocenters. The fourth-order valence-corrected chi connectivity index (χ4v) is 2.85. The zero-order valence-electron chi connectivity index (χ0n) is 11.3. The number of nitrogens with zero attached hydrogens (tertiary/aromatic N) is 1. The largest absolute Gasteiger partial charge is 0.384 e. The number of hydrogen-bond acceptors (Lipinski definition) is 3. The number of hydrogen-bond donors (Lipinski definition) is 2. The molecular weight excluding hydrogens is 254 g/mol. The Morgan fingerprint density at radius 3 is 2.84 bits per heavy atom. The molecule has 1 heterocycles. The molecule has 0 bridgehead atoms. The minimum Gasteiger partial charge on any atom is -0.384 e. The number of para-hydroxylation sites is 1. The van der Waals surface area contributed by atoms with Crippen LogP contribution in [-0.4, -0.2) is 16.6 Å². The van der Waals surface area contributed by atoms with Crippen molar-refractivity contribution in [1.82, 2.24) is 4.98 Å². The third-order valence-corrected chi connectivity index (χ3v) is 4.44. The average Bonchev–Trinajstić information content (AvgIpc) is 2.43. The molecule has 1 atom stereocenters. The van der Waals surface area contributed by atoms with Gasteiger partial charge in [0.05, 0.1) is 10.5 Å². The Labute approximate surface area is 118 Å². The van der Waals surface area contributed by atoms with Crippen LogP contribution in [0.2, 0.25) is 0 Å². The Kier molecular flexibility index (Phi) is 4.43. The maximum Gasteiger partial charge on any atom is 0.123 e. The number of aromatic nitrogens is 1. The van der Waals surface area contributed by atoms with Crippen LogP contribution in [0.4, 0.5) is 0 Å². The van der Waals surface area contributed by atoms with Crippen molar-refractivity contribution in [1.29, 1.82) is 5.41 Å². The second kappa shape index (κ2) is 6.06. The molecule has 0 aliphatic rings. The lowest BCUT2D eigenvalue weighted by molar-refractivity contribution is 0.636. The standard InChI is InChI=1S/C15H19N3S/c1-3-10(2)9-19-14-8-12(15(16)17)11-6-4-5-7-13(11)18-14/h4-8,10H,3,9H2,1-2H3,(H3,16,17). The molecule has 2 rings (SSSR count). The van der Waals surface area contributed by atoms with Crippen molar-refractivity contribution in [3.63, 3.8) is 0 Å². The van der Waals surface area contributed by atoms with Crippen LogP contribution >= 0.6 is 11.8 Å². The molecular formula is C15H19N3S. The second-order valence-corrected chi connectivity index (χ2v) is 5.80. The SMILES string of the molecule is CCC(C)CSc1cc(C(=N)N)c2ccccc2n1. The molecule has 3 N–H and O–H groups in total. The highest BCUT2D eigenvalue weighted by Gasteiger charge is 2.09. The van der Waals surface area contributed by atoms with E-state index in [9.17, 15) is 0 Å². The molecule has 0 fully saturated rings. The summed E-state index contributed by atoms with van der Waals surface area (Å²) in [7, 11) is 0. The number of nitrogens with two attached hydrogens (primary N) is 1. The van der Waals surface area contributed by atoms with Gasteiger partial charge in [-0.05, 0) is 18.1 Å². The van der Waals surface area contributed by atoms with E-state index in [1.54, 1.807) is 11.8 Å². The highest BCUT2D eigenvalue weighted by molar-refractivity contribution is 7.99. The molecule has 2 aromatic rings. The van der Waals surface area contributed by atoms with Gasteiger partial charge < -0.3 is 5.73 Å². The van der Waals surface area contributed by atoms with E-state index < -0.39 is 0 Å². The summed E-state index contributed by atoms with van der Waals surface area (Å²) in [5.41, 5.74) is 7.36. The van der Waals surface area contributed by atoms with Gasteiger partial charge in [0, 0.05) is 16.7 Å². The first-order chi connectivity index (χ1) is 9.11. The fourth-order valence-electron chi connectivity index (χ4n) is 1.79. The predicted molar refractivity (Wildman–Crippen MR) is 82.9 cm³/mol. The van der Waals surface area contributed by atoms with Gasteiger partial charge >= 0.3 is 0 Å². The smallest absolute Gasteiger partial charge is 0.123 e. The van der Waals surface area contributed by atoms with Crippen LogP contribution in [-0.2, 0) is 0 Å². The van der Waals surface area contributed by atoms with Crippen molar-refractivity contribution in [2.24, 2.45) is 11.7 Å². The van der Waals surface area contributed by atoms with Crippen LogP contribution < -0.4 is 5.73 Å². The highest BCUT2D eigenvalue weighted by atomic mass is 32.2. The van der Waals surface area contributed by atoms with E-state index in [1.807, 2.05) is 30.3 Å². The minimum atomic E-state index is 0.101. The van der Waals surface area contributed by atoms with Crippen LogP contribution in [0.15, 0.2) is 35.4 Å². The number of nitrogen functional groups attached to an aromatic ring is 1. The van der Waals surface area contributed by atoms with Gasteiger partial charge in [0.25, 0.3) is 0 Å². The third-order valence-electron chi connectivity index (χ3n) is 3.20. The lowest BCUT2D eigenvalue weighted by atomic mass is 10.1. The molecule has 100 valence electrons. The van der Waals surface area contributed by atoms with Gasteiger partial charge in [0.15, 0.2) is 0 Å². The molecule has 19 heavy (non-hydrogen) atoms. The summed E-state index contributed by atoms with van der Waals surface area (Å²) in [6.07, 6.45) is 1.17. The summed E-state index contributed by atoms with van der Waals surface area (Å²) in [6, 6.07) is 9.76. The van der Waals surface area contributed by atoms with Crippen molar-refractivity contribution in [2.45, 2.75) is 25.3 Å². The summed E-state index contributed by atoms with van der Waals surface area (Å²) in [4.78, 5) is 4.64. The first-order valence-corrected chi connectivity index (χ1v) is 7.47. The van der Waals surface area contributed by atoms with Gasteiger partial charge in [-0.25, -0.2) is 4.98 Å². The maximum absolute atomic E-state index is 7.71. The number of pyridine rings is 1. The van der Waals surface area contributed by atoms with E-state index in [4.69, 9.17) is 11.1 Å². The van der Waals surface area contributed by atoms with Crippen LogP contribution in [0, 0.1) is 11.3 Å². The number of amidine groups is 1. The summed E-state index contributed by atoms with van der Waals surface area (Å²) in [6.45, 7) is 4.43. The molecule has 0 saturated carbocycles. The quantitative estimate of drug-likeness (QED) is 0.496. The first kappa shape index (κ1) is 13.9. The fraction of sp³-hybridized carbons (Fsp3) is 0.333. The number of nitrogens with one attached hydrogen (secondary N) is 1. The Morgan fingerprint density at radius 2 is 2.16 bits per heavy atom. The molecule has 1 aromatic heterocycles. The van der Waals surface area contributed by atoms with E-state index in [1.165, 1.54) is 6.42 Å². The molecule has 0 spiro atoms. The molecule has 0 saturated heterocycles. The highest BCUT2D eigenvalue weighted by Crippen LogP contribution is 2.25. The molecule has 0 aliphatic heterocycles. The molecule has 1 aromatic carbocycles. The zero-order valence-corrected chi connectivity index (χ0v) is 12.1. The van der Waals surface area contributed by atoms with E-state index in [0.29, 0.717) is 5.92 Å². The molecule has 3 nitrogen and oxygen atoms in total. The Morgan fingerprint density at radius 1 is 1.42 bits per heavy atom. The van der Waals surface area contributed by atoms with Gasteiger partial charge in [-0.15, -0.1) is 11.8 Å². The van der Waals surface area contributed by atoms with Crippen molar-refractivity contribution in [3.8, 4) is 0 Å². The molecule has 0 amide bonds. The topological polar surface area (TPSA) is 62.8 Å². The van der Waals surface area contributed by atoms with Gasteiger partial charge in [-0.3, -0.25) is 5.41 Å². The minimum absolute atomic E-state index is 0.101. The van der Waals surface area contributed by atoms with E-state index in [-0.39, 0.29) is 5.84 Å². The van der Waals surface area contributed by atoms with E-state index in [0.717, 1.165) is 27.2 Å². The third kappa shape index (κ3) is 3.26. The average molecular weight is 273 g/mol. The van der Waals surface area contributed by atoms with Crippen LogP contribution in [0.3, 0.4) is 0 Å². The van der Waals surface area contributed by atoms with Crippen molar-refractivity contribution >= 4 is 28.5 Å². The number of rotatable bonds is 5. The summed E-state index contributed by atoms with van der Waals surface area (Å²) < 4.78 is 0. The lowest BCUT2D eigenvalue weighted by Gasteiger charge is -2.10. The Hall–Kier alpha value is -1.55. The summed E-state index contributed by atoms with van der Waals surface area (Å²) >= 11 is 1.74. The first-order valence-electron chi connectivity index (χ1n) is 6.48. The predicted octanol–water partition coefficient (Wildman–Crippen LogP) is 3.66. The molecule has 0 radical (unpaired) electrons. The summed E-state index contributed by atoms with van der Waals surface area (Å²) in [5, 5.41) is 9.60. The van der Waals surface area contributed by atoms with Crippen molar-refractivity contribution in [2.75, 3.05) is 5.75 Å². The van der Waals surface area contributed by atoms with Gasteiger partial charge in [0.2, 0.25) is 0 Å². The summed E-state index contributed by atoms with van der Waals surface area (Å²) in [5.74, 6) is 1.81. The number of benzene rings is 1. The molecule has 4 heteroatoms. The van der Waals surface area contributed by atoms with E-state index in [2.05, 4.69) is 18.8 Å². The number of fused-ring (bicyclic) bond motifs is 1. The zero-order chi connectivity index (χ0) is 13.8. The second-order valence-electron chi connectivity index (χ2n) is 4.76. The van der Waals surface area contributed by atoms with Crippen molar-refractivity contribution in [3.05, 3.63) is 35.9 Å². The molecule has 0 aliphatic carbocycles. The Balaban J connectivity index is 2.38. The van der Waals surface area contributed by atoms with Crippen LogP contribution in [0.1, 0.15) is 25.8 Å². The van der Waals surface area contributed by atoms with Gasteiger partial charge in [0.1, 0.15) is 5.84 Å².